The summed E-state index contributed by atoms with van der Waals surface area (Å²) in [5, 5.41) is 8.65. The summed E-state index contributed by atoms with van der Waals surface area (Å²) in [7, 11) is 0. The minimum atomic E-state index is -0.303. The lowest BCUT2D eigenvalue weighted by Crippen LogP contribution is -2.04. The van der Waals surface area contributed by atoms with E-state index in [1.165, 1.54) is 12.1 Å². The molecule has 15 heavy (non-hydrogen) atoms. The van der Waals surface area contributed by atoms with Crippen molar-refractivity contribution in [3.8, 4) is 5.75 Å². The number of unbranched alkanes of at least 4 members (excludes halogenated alkanes) is 1. The number of benzene rings is 1. The zero-order valence-electron chi connectivity index (χ0n) is 9.00. The van der Waals surface area contributed by atoms with E-state index in [9.17, 15) is 4.39 Å². The predicted octanol–water partition coefficient (Wildman–Crippen LogP) is 2.54. The van der Waals surface area contributed by atoms with E-state index in [1.54, 1.807) is 6.07 Å². The van der Waals surface area contributed by atoms with Crippen LogP contribution in [0.4, 0.5) is 4.39 Å². The van der Waals surface area contributed by atoms with Gasteiger partial charge in [0.05, 0.1) is 6.61 Å². The third-order valence-corrected chi connectivity index (χ3v) is 2.18. The number of hydrogen-bond acceptors (Lipinski definition) is 2. The standard InChI is InChI=1S/C12H17FO2/c1-2-3-4-10-5-6-11(13)9-12(10)15-8-7-14/h5-6,9,14H,2-4,7-8H2,1H3. The summed E-state index contributed by atoms with van der Waals surface area (Å²) < 4.78 is 18.2. The molecule has 0 radical (unpaired) electrons. The van der Waals surface area contributed by atoms with E-state index < -0.39 is 0 Å². The average Bonchev–Trinajstić information content (AvgIpc) is 2.25. The van der Waals surface area contributed by atoms with Crippen LogP contribution >= 0.6 is 0 Å². The zero-order chi connectivity index (χ0) is 11.1. The van der Waals surface area contributed by atoms with Crippen LogP contribution in [-0.2, 0) is 6.42 Å². The molecule has 3 heteroatoms. The van der Waals surface area contributed by atoms with Crippen LogP contribution < -0.4 is 4.74 Å². The Kier molecular flexibility index (Phi) is 5.12. The molecule has 0 aromatic heterocycles. The van der Waals surface area contributed by atoms with Gasteiger partial charge in [-0.05, 0) is 24.5 Å². The number of ether oxygens (including phenoxy) is 1. The molecule has 0 aliphatic carbocycles. The molecule has 0 heterocycles. The molecular formula is C12H17FO2. The molecule has 84 valence electrons. The normalized spacial score (nSPS) is 10.3. The second-order valence-corrected chi connectivity index (χ2v) is 3.43. The Morgan fingerprint density at radius 1 is 1.40 bits per heavy atom. The van der Waals surface area contributed by atoms with Gasteiger partial charge in [0.25, 0.3) is 0 Å². The van der Waals surface area contributed by atoms with E-state index >= 15 is 0 Å². The van der Waals surface area contributed by atoms with E-state index in [1.807, 2.05) is 0 Å². The molecule has 0 bridgehead atoms. The molecule has 1 aromatic rings. The first-order valence-corrected chi connectivity index (χ1v) is 5.30. The Hall–Kier alpha value is -1.09. The topological polar surface area (TPSA) is 29.5 Å². The van der Waals surface area contributed by atoms with E-state index in [4.69, 9.17) is 9.84 Å². The summed E-state index contributed by atoms with van der Waals surface area (Å²) in [4.78, 5) is 0. The summed E-state index contributed by atoms with van der Waals surface area (Å²) in [5.74, 6) is 0.251. The van der Waals surface area contributed by atoms with Crippen molar-refractivity contribution in [1.29, 1.82) is 0 Å². The van der Waals surface area contributed by atoms with Gasteiger partial charge < -0.3 is 9.84 Å². The van der Waals surface area contributed by atoms with Crippen molar-refractivity contribution in [1.82, 2.24) is 0 Å². The third kappa shape index (κ3) is 3.88. The molecule has 0 saturated carbocycles. The fourth-order valence-electron chi connectivity index (χ4n) is 1.39. The number of aliphatic hydroxyl groups is 1. The highest BCUT2D eigenvalue weighted by atomic mass is 19.1. The molecule has 1 rings (SSSR count). The first-order valence-electron chi connectivity index (χ1n) is 5.30. The number of aryl methyl sites for hydroxylation is 1. The van der Waals surface area contributed by atoms with Gasteiger partial charge in [-0.2, -0.15) is 0 Å². The van der Waals surface area contributed by atoms with E-state index in [-0.39, 0.29) is 19.0 Å². The van der Waals surface area contributed by atoms with Gasteiger partial charge in [-0.3, -0.25) is 0 Å². The second kappa shape index (κ2) is 6.40. The van der Waals surface area contributed by atoms with Gasteiger partial charge in [0.15, 0.2) is 0 Å². The Balaban J connectivity index is 2.73. The number of halogens is 1. The summed E-state index contributed by atoms with van der Waals surface area (Å²) in [6, 6.07) is 4.56. The average molecular weight is 212 g/mol. The highest BCUT2D eigenvalue weighted by molar-refractivity contribution is 5.34. The molecule has 2 nitrogen and oxygen atoms in total. The molecule has 0 aliphatic rings. The van der Waals surface area contributed by atoms with Crippen molar-refractivity contribution in [2.75, 3.05) is 13.2 Å². The molecule has 0 unspecified atom stereocenters. The monoisotopic (exact) mass is 212 g/mol. The lowest BCUT2D eigenvalue weighted by atomic mass is 10.1. The van der Waals surface area contributed by atoms with Gasteiger partial charge in [0.1, 0.15) is 18.2 Å². The van der Waals surface area contributed by atoms with Gasteiger partial charge in [-0.25, -0.2) is 4.39 Å². The Morgan fingerprint density at radius 2 is 2.20 bits per heavy atom. The Labute approximate surface area is 89.7 Å². The molecule has 0 saturated heterocycles. The lowest BCUT2D eigenvalue weighted by molar-refractivity contribution is 0.199. The Morgan fingerprint density at radius 3 is 2.87 bits per heavy atom. The van der Waals surface area contributed by atoms with Crippen molar-refractivity contribution in [2.45, 2.75) is 26.2 Å². The molecule has 0 atom stereocenters. The van der Waals surface area contributed by atoms with E-state index in [0.717, 1.165) is 24.8 Å². The maximum Gasteiger partial charge on any atom is 0.126 e. The van der Waals surface area contributed by atoms with Crippen LogP contribution in [0.25, 0.3) is 0 Å². The van der Waals surface area contributed by atoms with Gasteiger partial charge >= 0.3 is 0 Å². The maximum atomic E-state index is 13.0. The zero-order valence-corrected chi connectivity index (χ0v) is 9.00. The minimum absolute atomic E-state index is 0.0519. The van der Waals surface area contributed by atoms with Crippen molar-refractivity contribution < 1.29 is 14.2 Å². The van der Waals surface area contributed by atoms with Gasteiger partial charge in [0, 0.05) is 6.07 Å². The molecule has 1 N–H and O–H groups in total. The van der Waals surface area contributed by atoms with Gasteiger partial charge in [-0.1, -0.05) is 19.4 Å². The van der Waals surface area contributed by atoms with Crippen molar-refractivity contribution in [2.24, 2.45) is 0 Å². The Bertz CT molecular complexity index is 300. The summed E-state index contributed by atoms with van der Waals surface area (Å²) in [6.07, 6.45) is 3.04. The van der Waals surface area contributed by atoms with Gasteiger partial charge in [-0.15, -0.1) is 0 Å². The lowest BCUT2D eigenvalue weighted by Gasteiger charge is -2.10. The first kappa shape index (κ1) is 12.0. The summed E-state index contributed by atoms with van der Waals surface area (Å²) >= 11 is 0. The number of rotatable bonds is 6. The van der Waals surface area contributed by atoms with Crippen LogP contribution in [0, 0.1) is 5.82 Å². The molecule has 1 aromatic carbocycles. The summed E-state index contributed by atoms with van der Waals surface area (Å²) in [5.41, 5.74) is 1.01. The van der Waals surface area contributed by atoms with Crippen LogP contribution in [0.15, 0.2) is 18.2 Å². The van der Waals surface area contributed by atoms with Crippen LogP contribution in [-0.4, -0.2) is 18.3 Å². The third-order valence-electron chi connectivity index (χ3n) is 2.18. The number of hydrogen-bond donors (Lipinski definition) is 1. The summed E-state index contributed by atoms with van der Waals surface area (Å²) in [6.45, 7) is 2.27. The number of aliphatic hydroxyl groups excluding tert-OH is 1. The van der Waals surface area contributed by atoms with Gasteiger partial charge in [0.2, 0.25) is 0 Å². The van der Waals surface area contributed by atoms with E-state index in [2.05, 4.69) is 6.92 Å². The quantitative estimate of drug-likeness (QED) is 0.785. The molecule has 0 fully saturated rings. The molecular weight excluding hydrogens is 195 g/mol. The smallest absolute Gasteiger partial charge is 0.126 e. The highest BCUT2D eigenvalue weighted by Gasteiger charge is 2.04. The predicted molar refractivity (Wildman–Crippen MR) is 57.6 cm³/mol. The van der Waals surface area contributed by atoms with Crippen LogP contribution in [0.3, 0.4) is 0 Å². The largest absolute Gasteiger partial charge is 0.491 e. The minimum Gasteiger partial charge on any atom is -0.491 e. The van der Waals surface area contributed by atoms with E-state index in [0.29, 0.717) is 5.75 Å². The highest BCUT2D eigenvalue weighted by Crippen LogP contribution is 2.21. The van der Waals surface area contributed by atoms with Crippen LogP contribution in [0.2, 0.25) is 0 Å². The molecule has 0 spiro atoms. The fraction of sp³-hybridized carbons (Fsp3) is 0.500. The molecule has 0 amide bonds. The van der Waals surface area contributed by atoms with Crippen molar-refractivity contribution in [3.63, 3.8) is 0 Å². The van der Waals surface area contributed by atoms with Crippen molar-refractivity contribution in [3.05, 3.63) is 29.6 Å². The second-order valence-electron chi connectivity index (χ2n) is 3.43. The first-order chi connectivity index (χ1) is 7.27. The maximum absolute atomic E-state index is 13.0. The molecule has 0 aliphatic heterocycles. The van der Waals surface area contributed by atoms with Crippen LogP contribution in [0.1, 0.15) is 25.3 Å². The van der Waals surface area contributed by atoms with Crippen molar-refractivity contribution >= 4 is 0 Å². The fourth-order valence-corrected chi connectivity index (χ4v) is 1.39. The SMILES string of the molecule is CCCCc1ccc(F)cc1OCCO. The van der Waals surface area contributed by atoms with Crippen LogP contribution in [0.5, 0.6) is 5.75 Å².